The van der Waals surface area contributed by atoms with Crippen molar-refractivity contribution in [3.63, 3.8) is 0 Å². The van der Waals surface area contributed by atoms with Gasteiger partial charge in [-0.2, -0.15) is 0 Å². The smallest absolute Gasteiger partial charge is 0.0893 e. The second-order valence-corrected chi connectivity index (χ2v) is 2.59. The maximum absolute atomic E-state index is 3.34. The Kier molecular flexibility index (Phi) is 1.50. The maximum Gasteiger partial charge on any atom is 0.0893 e. The van der Waals surface area contributed by atoms with Gasteiger partial charge in [0.1, 0.15) is 0 Å². The van der Waals surface area contributed by atoms with Gasteiger partial charge in [0.2, 0.25) is 0 Å². The Morgan fingerprint density at radius 2 is 2.71 bits per heavy atom. The molecule has 1 aliphatic heterocycles. The third-order valence-corrected chi connectivity index (χ3v) is 1.31. The van der Waals surface area contributed by atoms with Crippen molar-refractivity contribution in [1.29, 1.82) is 0 Å². The first kappa shape index (κ1) is 5.32. The summed E-state index contributed by atoms with van der Waals surface area (Å²) in [6.45, 7) is 3.97. The van der Waals surface area contributed by atoms with Crippen LogP contribution in [-0.2, 0) is 0 Å². The lowest BCUT2D eigenvalue weighted by atomic mass is 10.6. The molecule has 0 atom stereocenters. The van der Waals surface area contributed by atoms with Gasteiger partial charge < -0.3 is 0 Å². The number of halogens is 1. The number of rotatable bonds is 0. The molecule has 0 aliphatic carbocycles. The molecule has 0 saturated carbocycles. The Hall–Kier alpha value is 0.180. The summed E-state index contributed by atoms with van der Waals surface area (Å²) >= 11 is 3.34. The second kappa shape index (κ2) is 1.97. The average Bonchev–Trinajstić information content (AvgIpc) is 1.87. The zero-order chi connectivity index (χ0) is 5.28. The standard InChI is InChI=1S/C5H6BrN/c1-7-3-2-5(6)4-7/h2H,4H2,1H3. The molecule has 0 amide bonds. The predicted octanol–water partition coefficient (Wildman–Crippen LogP) is 1.25. The molecule has 2 heteroatoms. The summed E-state index contributed by atoms with van der Waals surface area (Å²) in [7, 11) is 1.99. The predicted molar refractivity (Wildman–Crippen MR) is 32.9 cm³/mol. The van der Waals surface area contributed by atoms with Gasteiger partial charge in [-0.05, 0) is 13.1 Å². The van der Waals surface area contributed by atoms with E-state index >= 15 is 0 Å². The van der Waals surface area contributed by atoms with Crippen LogP contribution in [0.2, 0.25) is 0 Å². The molecule has 0 spiro atoms. The van der Waals surface area contributed by atoms with Crippen LogP contribution >= 0.6 is 15.9 Å². The molecule has 0 aromatic rings. The minimum Gasteiger partial charge on any atom is -0.288 e. The molecule has 0 N–H and O–H groups in total. The Morgan fingerprint density at radius 3 is 2.86 bits per heavy atom. The zero-order valence-corrected chi connectivity index (χ0v) is 5.70. The van der Waals surface area contributed by atoms with Gasteiger partial charge in [0.15, 0.2) is 0 Å². The van der Waals surface area contributed by atoms with Crippen LogP contribution in [0.3, 0.4) is 0 Å². The Balaban J connectivity index is 2.42. The second-order valence-electron chi connectivity index (χ2n) is 1.58. The average molecular weight is 160 g/mol. The highest BCUT2D eigenvalue weighted by Gasteiger charge is 2.05. The van der Waals surface area contributed by atoms with E-state index in [9.17, 15) is 0 Å². The van der Waals surface area contributed by atoms with Crippen LogP contribution in [0.1, 0.15) is 0 Å². The summed E-state index contributed by atoms with van der Waals surface area (Å²) in [6.07, 6.45) is 1.93. The summed E-state index contributed by atoms with van der Waals surface area (Å²) in [5, 5.41) is 0. The molecule has 0 fully saturated rings. The van der Waals surface area contributed by atoms with Crippen LogP contribution in [0.5, 0.6) is 0 Å². The Morgan fingerprint density at radius 1 is 2.00 bits per heavy atom. The maximum atomic E-state index is 3.34. The van der Waals surface area contributed by atoms with Crippen molar-refractivity contribution in [2.75, 3.05) is 13.6 Å². The first-order chi connectivity index (χ1) is 3.29. The van der Waals surface area contributed by atoms with Crippen molar-refractivity contribution in [3.05, 3.63) is 17.1 Å². The monoisotopic (exact) mass is 159 g/mol. The van der Waals surface area contributed by atoms with Crippen molar-refractivity contribution < 1.29 is 0 Å². The minimum atomic E-state index is 0.972. The summed E-state index contributed by atoms with van der Waals surface area (Å²) in [4.78, 5) is 1.99. The van der Waals surface area contributed by atoms with Gasteiger partial charge in [-0.1, -0.05) is 15.9 Å². The molecule has 1 rings (SSSR count). The molecule has 0 unspecified atom stereocenters. The fourth-order valence-electron chi connectivity index (χ4n) is 0.498. The summed E-state index contributed by atoms with van der Waals surface area (Å²) in [5.74, 6) is 0. The first-order valence-corrected chi connectivity index (χ1v) is 2.90. The number of nitrogens with zero attached hydrogens (tertiary/aromatic N) is 1. The lowest BCUT2D eigenvalue weighted by Gasteiger charge is -2.01. The Labute approximate surface area is 52.1 Å². The fourth-order valence-corrected chi connectivity index (χ4v) is 0.977. The van der Waals surface area contributed by atoms with Crippen LogP contribution in [0.4, 0.5) is 0 Å². The van der Waals surface area contributed by atoms with E-state index in [0.29, 0.717) is 0 Å². The highest BCUT2D eigenvalue weighted by atomic mass is 79.9. The highest BCUT2D eigenvalue weighted by Crippen LogP contribution is 2.14. The molecule has 7 heavy (non-hydrogen) atoms. The lowest BCUT2D eigenvalue weighted by molar-refractivity contribution is 0.491. The van der Waals surface area contributed by atoms with E-state index in [1.165, 1.54) is 4.48 Å². The van der Waals surface area contributed by atoms with E-state index in [-0.39, 0.29) is 0 Å². The third-order valence-electron chi connectivity index (χ3n) is 0.830. The van der Waals surface area contributed by atoms with Crippen molar-refractivity contribution in [2.45, 2.75) is 0 Å². The third kappa shape index (κ3) is 1.28. The Bertz CT molecular complexity index is 98.3. The largest absolute Gasteiger partial charge is 0.288 e. The van der Waals surface area contributed by atoms with E-state index in [1.54, 1.807) is 0 Å². The molecule has 1 nitrogen and oxygen atoms in total. The van der Waals surface area contributed by atoms with Crippen molar-refractivity contribution in [3.8, 4) is 0 Å². The van der Waals surface area contributed by atoms with E-state index in [0.717, 1.165) is 6.54 Å². The van der Waals surface area contributed by atoms with E-state index < -0.39 is 0 Å². The lowest BCUT2D eigenvalue weighted by Crippen LogP contribution is -2.08. The summed E-state index contributed by atoms with van der Waals surface area (Å²) in [5.41, 5.74) is 0. The van der Waals surface area contributed by atoms with Crippen molar-refractivity contribution in [1.82, 2.24) is 4.90 Å². The van der Waals surface area contributed by atoms with Gasteiger partial charge in [0.25, 0.3) is 0 Å². The van der Waals surface area contributed by atoms with Gasteiger partial charge in [-0.3, -0.25) is 4.90 Å². The van der Waals surface area contributed by atoms with E-state index in [4.69, 9.17) is 0 Å². The quantitative estimate of drug-likeness (QED) is 0.515. The minimum absolute atomic E-state index is 0.972. The zero-order valence-electron chi connectivity index (χ0n) is 4.11. The molecule has 38 valence electrons. The molecule has 1 heterocycles. The van der Waals surface area contributed by atoms with E-state index in [1.807, 2.05) is 18.0 Å². The molecule has 2 radical (unpaired) electrons. The van der Waals surface area contributed by atoms with Gasteiger partial charge in [0.05, 0.1) is 6.54 Å². The normalized spacial score (nSPS) is 22.9. The van der Waals surface area contributed by atoms with Crippen molar-refractivity contribution >= 4 is 15.9 Å². The number of hydrogen-bond acceptors (Lipinski definition) is 1. The summed E-state index contributed by atoms with van der Waals surface area (Å²) in [6, 6.07) is 0. The van der Waals surface area contributed by atoms with Crippen LogP contribution in [-0.4, -0.2) is 18.5 Å². The van der Waals surface area contributed by atoms with Crippen LogP contribution in [0, 0.1) is 6.54 Å². The number of hydrogen-bond donors (Lipinski definition) is 0. The van der Waals surface area contributed by atoms with Gasteiger partial charge in [0, 0.05) is 11.0 Å². The molecule has 0 aromatic carbocycles. The van der Waals surface area contributed by atoms with Gasteiger partial charge >= 0.3 is 0 Å². The molecular formula is C5H6BrN. The van der Waals surface area contributed by atoms with Gasteiger partial charge in [-0.15, -0.1) is 0 Å². The number of likely N-dealkylation sites (N-methyl/N-ethyl adjacent to an activating group) is 1. The summed E-state index contributed by atoms with van der Waals surface area (Å²) < 4.78 is 1.20. The molecular weight excluding hydrogens is 154 g/mol. The van der Waals surface area contributed by atoms with Crippen molar-refractivity contribution in [2.24, 2.45) is 0 Å². The molecule has 0 aromatic heterocycles. The highest BCUT2D eigenvalue weighted by molar-refractivity contribution is 9.11. The van der Waals surface area contributed by atoms with E-state index in [2.05, 4.69) is 22.5 Å². The van der Waals surface area contributed by atoms with Crippen LogP contribution in [0.25, 0.3) is 0 Å². The SMILES string of the molecule is CN1[C]C=C(Br)C1. The molecule has 0 saturated heterocycles. The molecule has 0 bridgehead atoms. The topological polar surface area (TPSA) is 3.24 Å². The van der Waals surface area contributed by atoms with Crippen LogP contribution < -0.4 is 0 Å². The van der Waals surface area contributed by atoms with Gasteiger partial charge in [-0.25, -0.2) is 0 Å². The fraction of sp³-hybridized carbons (Fsp3) is 0.400. The van der Waals surface area contributed by atoms with Crippen LogP contribution in [0.15, 0.2) is 10.6 Å². The first-order valence-electron chi connectivity index (χ1n) is 2.11. The molecule has 1 aliphatic rings.